The van der Waals surface area contributed by atoms with Crippen molar-refractivity contribution >= 4 is 41.7 Å². The summed E-state index contributed by atoms with van der Waals surface area (Å²) in [5.41, 5.74) is 2.39. The molecule has 0 saturated carbocycles. The number of thioether (sulfide) groups is 1. The van der Waals surface area contributed by atoms with Crippen LogP contribution in [0.3, 0.4) is 0 Å². The fourth-order valence-electron chi connectivity index (χ4n) is 2.42. The average molecular weight is 485 g/mol. The Morgan fingerprint density at radius 2 is 1.81 bits per heavy atom. The van der Waals surface area contributed by atoms with Gasteiger partial charge in [0.1, 0.15) is 0 Å². The number of nitrogens with zero attached hydrogens (tertiary/aromatic N) is 1. The molecule has 1 atom stereocenters. The van der Waals surface area contributed by atoms with E-state index in [0.717, 1.165) is 19.0 Å². The Hall–Kier alpha value is -1.25. The van der Waals surface area contributed by atoms with Crippen molar-refractivity contribution in [1.29, 1.82) is 0 Å². The number of hydrogen-bond acceptors (Lipinski definition) is 3. The molecular weight excluding hydrogens is 457 g/mol. The van der Waals surface area contributed by atoms with E-state index in [1.54, 1.807) is 14.2 Å². The molecule has 2 aromatic rings. The van der Waals surface area contributed by atoms with Crippen LogP contribution in [-0.2, 0) is 17.9 Å². The van der Waals surface area contributed by atoms with Crippen LogP contribution in [-0.4, -0.2) is 31.9 Å². The zero-order chi connectivity index (χ0) is 17.9. The summed E-state index contributed by atoms with van der Waals surface area (Å²) >= 11 is 1.86. The van der Waals surface area contributed by atoms with Crippen LogP contribution in [0.15, 0.2) is 64.5 Å². The second kappa shape index (κ2) is 13.0. The molecule has 0 bridgehead atoms. The maximum Gasteiger partial charge on any atom is 0.191 e. The van der Waals surface area contributed by atoms with E-state index in [1.165, 1.54) is 16.0 Å². The smallest absolute Gasteiger partial charge is 0.191 e. The second-order valence-corrected chi connectivity index (χ2v) is 7.31. The van der Waals surface area contributed by atoms with Crippen LogP contribution >= 0.6 is 35.7 Å². The summed E-state index contributed by atoms with van der Waals surface area (Å²) in [6.45, 7) is 4.43. The van der Waals surface area contributed by atoms with Gasteiger partial charge in [-0.1, -0.05) is 49.4 Å². The minimum absolute atomic E-state index is 0. The predicted octanol–water partition coefficient (Wildman–Crippen LogP) is 4.30. The van der Waals surface area contributed by atoms with Crippen LogP contribution in [0, 0.1) is 0 Å². The molecule has 0 amide bonds. The molecule has 1 unspecified atom stereocenters. The van der Waals surface area contributed by atoms with Crippen LogP contribution in [0.2, 0.25) is 0 Å². The molecule has 26 heavy (non-hydrogen) atoms. The molecule has 0 aliphatic heterocycles. The molecule has 0 heterocycles. The third kappa shape index (κ3) is 8.42. The largest absolute Gasteiger partial charge is 0.380 e. The topological polar surface area (TPSA) is 45.7 Å². The zero-order valence-electron chi connectivity index (χ0n) is 15.6. The van der Waals surface area contributed by atoms with Gasteiger partial charge in [-0.25, -0.2) is 0 Å². The normalized spacial score (nSPS) is 12.2. The van der Waals surface area contributed by atoms with Gasteiger partial charge in [-0.05, 0) is 23.3 Å². The number of halogens is 1. The number of nitrogens with one attached hydrogen (secondary N) is 2. The molecule has 2 aromatic carbocycles. The molecule has 4 nitrogen and oxygen atoms in total. The van der Waals surface area contributed by atoms with Gasteiger partial charge >= 0.3 is 0 Å². The zero-order valence-corrected chi connectivity index (χ0v) is 18.7. The fraction of sp³-hybridized carbons (Fsp3) is 0.350. The summed E-state index contributed by atoms with van der Waals surface area (Å²) in [7, 11) is 3.51. The summed E-state index contributed by atoms with van der Waals surface area (Å²) in [4.78, 5) is 5.59. The molecule has 6 heteroatoms. The molecule has 0 aliphatic carbocycles. The summed E-state index contributed by atoms with van der Waals surface area (Å²) in [5.74, 6) is 0.817. The maximum absolute atomic E-state index is 5.18. The quantitative estimate of drug-likeness (QED) is 0.254. The highest BCUT2D eigenvalue weighted by Gasteiger charge is 2.06. The van der Waals surface area contributed by atoms with E-state index in [4.69, 9.17) is 4.74 Å². The van der Waals surface area contributed by atoms with Gasteiger partial charge in [0, 0.05) is 37.4 Å². The van der Waals surface area contributed by atoms with Crippen molar-refractivity contribution in [2.45, 2.75) is 30.2 Å². The number of ether oxygens (including phenoxy) is 1. The maximum atomic E-state index is 5.18. The van der Waals surface area contributed by atoms with E-state index < -0.39 is 0 Å². The minimum Gasteiger partial charge on any atom is -0.380 e. The molecule has 0 fully saturated rings. The Bertz CT molecular complexity index is 667. The van der Waals surface area contributed by atoms with Gasteiger partial charge < -0.3 is 15.4 Å². The highest BCUT2D eigenvalue weighted by molar-refractivity contribution is 14.0. The first-order valence-electron chi connectivity index (χ1n) is 8.44. The molecule has 2 rings (SSSR count). The average Bonchev–Trinajstić information content (AvgIpc) is 2.63. The molecule has 0 radical (unpaired) electrons. The third-order valence-electron chi connectivity index (χ3n) is 3.62. The van der Waals surface area contributed by atoms with Gasteiger partial charge in [0.2, 0.25) is 0 Å². The molecular formula is C20H28IN3OS. The highest BCUT2D eigenvalue weighted by atomic mass is 127. The first-order chi connectivity index (χ1) is 12.2. The lowest BCUT2D eigenvalue weighted by atomic mass is 10.1. The number of methoxy groups -OCH3 is 1. The van der Waals surface area contributed by atoms with Crippen LogP contribution in [0.5, 0.6) is 0 Å². The van der Waals surface area contributed by atoms with E-state index in [0.29, 0.717) is 11.9 Å². The van der Waals surface area contributed by atoms with Gasteiger partial charge in [-0.15, -0.1) is 35.7 Å². The summed E-state index contributed by atoms with van der Waals surface area (Å²) in [6, 6.07) is 18.8. The van der Waals surface area contributed by atoms with Crippen molar-refractivity contribution in [2.24, 2.45) is 4.99 Å². The minimum atomic E-state index is 0. The van der Waals surface area contributed by atoms with E-state index in [1.807, 2.05) is 17.8 Å². The Kier molecular flexibility index (Phi) is 11.4. The Morgan fingerprint density at radius 3 is 2.50 bits per heavy atom. The highest BCUT2D eigenvalue weighted by Crippen LogP contribution is 2.21. The monoisotopic (exact) mass is 485 g/mol. The summed E-state index contributed by atoms with van der Waals surface area (Å²) in [6.07, 6.45) is 0. The van der Waals surface area contributed by atoms with Crippen LogP contribution < -0.4 is 10.6 Å². The van der Waals surface area contributed by atoms with Gasteiger partial charge in [-0.2, -0.15) is 0 Å². The molecule has 0 spiro atoms. The number of guanidine groups is 1. The Labute approximate surface area is 178 Å². The Morgan fingerprint density at radius 1 is 1.08 bits per heavy atom. The fourth-order valence-corrected chi connectivity index (χ4v) is 3.36. The van der Waals surface area contributed by atoms with Gasteiger partial charge in [0.25, 0.3) is 0 Å². The predicted molar refractivity (Wildman–Crippen MR) is 123 cm³/mol. The summed E-state index contributed by atoms with van der Waals surface area (Å²) < 4.78 is 5.18. The third-order valence-corrected chi connectivity index (χ3v) is 4.74. The van der Waals surface area contributed by atoms with Gasteiger partial charge in [-0.3, -0.25) is 4.99 Å². The van der Waals surface area contributed by atoms with Crippen LogP contribution in [0.4, 0.5) is 0 Å². The van der Waals surface area contributed by atoms with Crippen molar-refractivity contribution in [3.05, 3.63) is 65.7 Å². The first kappa shape index (κ1) is 22.8. The standard InChI is InChI=1S/C20H27N3OS.HI/c1-16(25-19-10-5-4-6-11-19)13-22-20(21-2)23-14-17-8-7-9-18(12-17)15-24-3;/h4-12,16H,13-15H2,1-3H3,(H2,21,22,23);1H. The SMILES string of the molecule is CN=C(NCc1cccc(COC)c1)NCC(C)Sc1ccccc1.I. The lowest BCUT2D eigenvalue weighted by molar-refractivity contribution is 0.185. The van der Waals surface area contributed by atoms with Crippen molar-refractivity contribution in [1.82, 2.24) is 10.6 Å². The molecule has 0 saturated heterocycles. The van der Waals surface area contributed by atoms with Crippen molar-refractivity contribution in [2.75, 3.05) is 20.7 Å². The molecule has 142 valence electrons. The number of benzene rings is 2. The first-order valence-corrected chi connectivity index (χ1v) is 9.32. The van der Waals surface area contributed by atoms with Crippen LogP contribution in [0.25, 0.3) is 0 Å². The van der Waals surface area contributed by atoms with Crippen molar-refractivity contribution in [3.8, 4) is 0 Å². The second-order valence-electron chi connectivity index (χ2n) is 5.80. The summed E-state index contributed by atoms with van der Waals surface area (Å²) in [5, 5.41) is 7.21. The number of hydrogen-bond donors (Lipinski definition) is 2. The van der Waals surface area contributed by atoms with Crippen molar-refractivity contribution < 1.29 is 4.74 Å². The van der Waals surface area contributed by atoms with Gasteiger partial charge in [0.05, 0.1) is 6.61 Å². The number of rotatable bonds is 8. The van der Waals surface area contributed by atoms with E-state index in [9.17, 15) is 0 Å². The van der Waals surface area contributed by atoms with Gasteiger partial charge in [0.15, 0.2) is 5.96 Å². The number of aliphatic imine (C=N–C) groups is 1. The molecule has 0 aliphatic rings. The van der Waals surface area contributed by atoms with Crippen molar-refractivity contribution in [3.63, 3.8) is 0 Å². The van der Waals surface area contributed by atoms with E-state index in [2.05, 4.69) is 71.1 Å². The van der Waals surface area contributed by atoms with E-state index in [-0.39, 0.29) is 24.0 Å². The molecule has 0 aromatic heterocycles. The molecule has 2 N–H and O–H groups in total. The van der Waals surface area contributed by atoms with Crippen LogP contribution in [0.1, 0.15) is 18.1 Å². The van der Waals surface area contributed by atoms with E-state index >= 15 is 0 Å². The lowest BCUT2D eigenvalue weighted by Crippen LogP contribution is -2.39. The lowest BCUT2D eigenvalue weighted by Gasteiger charge is -2.16. The Balaban J connectivity index is 0.00000338.